The fourth-order valence-corrected chi connectivity index (χ4v) is 2.89. The van der Waals surface area contributed by atoms with Crippen molar-refractivity contribution in [2.24, 2.45) is 0 Å². The Morgan fingerprint density at radius 3 is 2.82 bits per heavy atom. The highest BCUT2D eigenvalue weighted by Crippen LogP contribution is 2.26. The Hall–Kier alpha value is -1.35. The second kappa shape index (κ2) is 4.49. The van der Waals surface area contributed by atoms with E-state index in [2.05, 4.69) is 17.4 Å². The van der Waals surface area contributed by atoms with Crippen LogP contribution >= 0.6 is 0 Å². The Kier molecular flexibility index (Phi) is 2.85. The van der Waals surface area contributed by atoms with Gasteiger partial charge in [-0.05, 0) is 24.8 Å². The van der Waals surface area contributed by atoms with Crippen LogP contribution in [0.5, 0.6) is 0 Å². The van der Waals surface area contributed by atoms with Crippen molar-refractivity contribution in [3.05, 3.63) is 35.9 Å². The fourth-order valence-electron chi connectivity index (χ4n) is 2.89. The SMILES string of the molecule is O=C1[C@@H](c2ccccc2)CN[C@H]2CCCCN12. The molecule has 2 heterocycles. The molecule has 3 heteroatoms. The lowest BCUT2D eigenvalue weighted by Crippen LogP contribution is -2.59. The highest BCUT2D eigenvalue weighted by Gasteiger charge is 2.36. The number of rotatable bonds is 1. The molecule has 1 aromatic rings. The maximum atomic E-state index is 12.4. The first-order valence-electron chi connectivity index (χ1n) is 6.45. The van der Waals surface area contributed by atoms with Crippen LogP contribution in [-0.4, -0.2) is 30.1 Å². The topological polar surface area (TPSA) is 32.3 Å². The minimum atomic E-state index is 0.00514. The van der Waals surface area contributed by atoms with Gasteiger partial charge in [-0.2, -0.15) is 0 Å². The number of piperidine rings is 1. The quantitative estimate of drug-likeness (QED) is 0.796. The third-order valence-corrected chi connectivity index (χ3v) is 3.84. The van der Waals surface area contributed by atoms with Crippen molar-refractivity contribution >= 4 is 5.91 Å². The number of hydrogen-bond acceptors (Lipinski definition) is 2. The smallest absolute Gasteiger partial charge is 0.232 e. The van der Waals surface area contributed by atoms with Crippen molar-refractivity contribution in [3.8, 4) is 0 Å². The summed E-state index contributed by atoms with van der Waals surface area (Å²) in [7, 11) is 0. The van der Waals surface area contributed by atoms with E-state index >= 15 is 0 Å². The molecule has 1 amide bonds. The largest absolute Gasteiger partial charge is 0.327 e. The van der Waals surface area contributed by atoms with E-state index in [0.29, 0.717) is 5.91 Å². The normalized spacial score (nSPS) is 28.9. The maximum absolute atomic E-state index is 12.4. The van der Waals surface area contributed by atoms with E-state index in [4.69, 9.17) is 0 Å². The van der Waals surface area contributed by atoms with Crippen LogP contribution in [0.25, 0.3) is 0 Å². The first-order valence-corrected chi connectivity index (χ1v) is 6.45. The highest BCUT2D eigenvalue weighted by molar-refractivity contribution is 5.85. The van der Waals surface area contributed by atoms with Gasteiger partial charge >= 0.3 is 0 Å². The van der Waals surface area contributed by atoms with E-state index in [-0.39, 0.29) is 12.1 Å². The molecule has 90 valence electrons. The second-order valence-electron chi connectivity index (χ2n) is 4.91. The number of hydrogen-bond donors (Lipinski definition) is 1. The van der Waals surface area contributed by atoms with E-state index in [1.807, 2.05) is 23.1 Å². The van der Waals surface area contributed by atoms with Crippen molar-refractivity contribution in [2.75, 3.05) is 13.1 Å². The van der Waals surface area contributed by atoms with Gasteiger partial charge in [0.2, 0.25) is 5.91 Å². The van der Waals surface area contributed by atoms with Crippen molar-refractivity contribution in [1.82, 2.24) is 10.2 Å². The third-order valence-electron chi connectivity index (χ3n) is 3.84. The number of nitrogens with zero attached hydrogens (tertiary/aromatic N) is 1. The molecule has 2 fully saturated rings. The number of carbonyl (C=O) groups excluding carboxylic acids is 1. The molecule has 2 atom stereocenters. The molecule has 0 radical (unpaired) electrons. The van der Waals surface area contributed by atoms with Gasteiger partial charge in [-0.25, -0.2) is 0 Å². The van der Waals surface area contributed by atoms with E-state index < -0.39 is 0 Å². The van der Waals surface area contributed by atoms with Gasteiger partial charge in [0, 0.05) is 13.1 Å². The summed E-state index contributed by atoms with van der Waals surface area (Å²) in [4.78, 5) is 14.5. The molecule has 2 saturated heterocycles. The van der Waals surface area contributed by atoms with E-state index in [1.165, 1.54) is 6.42 Å². The van der Waals surface area contributed by atoms with E-state index in [1.54, 1.807) is 0 Å². The monoisotopic (exact) mass is 230 g/mol. The average molecular weight is 230 g/mol. The lowest BCUT2D eigenvalue weighted by Gasteiger charge is -2.43. The molecular weight excluding hydrogens is 212 g/mol. The van der Waals surface area contributed by atoms with Crippen LogP contribution in [-0.2, 0) is 4.79 Å². The van der Waals surface area contributed by atoms with Gasteiger partial charge in [0.05, 0.1) is 12.1 Å². The maximum Gasteiger partial charge on any atom is 0.232 e. The standard InChI is InChI=1S/C14H18N2O/c17-14-12(11-6-2-1-3-7-11)10-15-13-8-4-5-9-16(13)14/h1-3,6-7,12-13,15H,4-5,8-10H2/t12-,13-/m1/s1. The Balaban J connectivity index is 1.82. The third kappa shape index (κ3) is 1.95. The first-order chi connectivity index (χ1) is 8.36. The summed E-state index contributed by atoms with van der Waals surface area (Å²) in [5.41, 5.74) is 1.13. The van der Waals surface area contributed by atoms with Crippen molar-refractivity contribution in [1.29, 1.82) is 0 Å². The molecule has 0 unspecified atom stereocenters. The summed E-state index contributed by atoms with van der Waals surface area (Å²) in [5, 5.41) is 3.51. The lowest BCUT2D eigenvalue weighted by molar-refractivity contribution is -0.140. The van der Waals surface area contributed by atoms with Crippen LogP contribution in [0.4, 0.5) is 0 Å². The molecule has 1 N–H and O–H groups in total. The Morgan fingerprint density at radius 1 is 1.18 bits per heavy atom. The van der Waals surface area contributed by atoms with Crippen LogP contribution in [0.3, 0.4) is 0 Å². The zero-order chi connectivity index (χ0) is 11.7. The Bertz CT molecular complexity index is 404. The first kappa shape index (κ1) is 10.8. The van der Waals surface area contributed by atoms with Gasteiger partial charge in [-0.1, -0.05) is 30.3 Å². The van der Waals surface area contributed by atoms with Crippen LogP contribution in [0.1, 0.15) is 30.7 Å². The fraction of sp³-hybridized carbons (Fsp3) is 0.500. The average Bonchev–Trinajstić information content (AvgIpc) is 2.40. The molecule has 0 aliphatic carbocycles. The highest BCUT2D eigenvalue weighted by atomic mass is 16.2. The molecule has 3 rings (SSSR count). The van der Waals surface area contributed by atoms with Crippen LogP contribution in [0.15, 0.2) is 30.3 Å². The van der Waals surface area contributed by atoms with Gasteiger partial charge < -0.3 is 4.90 Å². The molecule has 0 spiro atoms. The minimum absolute atomic E-state index is 0.00514. The summed E-state index contributed by atoms with van der Waals surface area (Å²) in [6, 6.07) is 10.1. The number of benzene rings is 1. The molecule has 0 bridgehead atoms. The number of nitrogens with one attached hydrogen (secondary N) is 1. The van der Waals surface area contributed by atoms with Crippen LogP contribution in [0, 0.1) is 0 Å². The number of carbonyl (C=O) groups is 1. The Morgan fingerprint density at radius 2 is 2.00 bits per heavy atom. The summed E-state index contributed by atoms with van der Waals surface area (Å²) in [5.74, 6) is 0.310. The van der Waals surface area contributed by atoms with Crippen molar-refractivity contribution < 1.29 is 4.79 Å². The van der Waals surface area contributed by atoms with Crippen LogP contribution in [0.2, 0.25) is 0 Å². The zero-order valence-electron chi connectivity index (χ0n) is 9.93. The van der Waals surface area contributed by atoms with Gasteiger partial charge in [0.25, 0.3) is 0 Å². The molecule has 1 aromatic carbocycles. The molecule has 3 nitrogen and oxygen atoms in total. The van der Waals surface area contributed by atoms with Crippen molar-refractivity contribution in [2.45, 2.75) is 31.3 Å². The molecule has 17 heavy (non-hydrogen) atoms. The number of fused-ring (bicyclic) bond motifs is 1. The summed E-state index contributed by atoms with van der Waals surface area (Å²) < 4.78 is 0. The zero-order valence-corrected chi connectivity index (χ0v) is 9.93. The van der Waals surface area contributed by atoms with Crippen LogP contribution < -0.4 is 5.32 Å². The van der Waals surface area contributed by atoms with E-state index in [0.717, 1.165) is 31.5 Å². The van der Waals surface area contributed by atoms with Gasteiger partial charge in [-0.3, -0.25) is 10.1 Å². The molecule has 0 saturated carbocycles. The Labute approximate surface area is 102 Å². The summed E-state index contributed by atoms with van der Waals surface area (Å²) in [6.07, 6.45) is 3.77. The predicted molar refractivity (Wildman–Crippen MR) is 66.5 cm³/mol. The molecule has 0 aromatic heterocycles. The predicted octanol–water partition coefficient (Wildman–Crippen LogP) is 1.71. The molecule has 2 aliphatic heterocycles. The van der Waals surface area contributed by atoms with Gasteiger partial charge in [-0.15, -0.1) is 0 Å². The molecule has 2 aliphatic rings. The molecular formula is C14H18N2O. The second-order valence-corrected chi connectivity index (χ2v) is 4.91. The van der Waals surface area contributed by atoms with Gasteiger partial charge in [0.1, 0.15) is 0 Å². The van der Waals surface area contributed by atoms with Gasteiger partial charge in [0.15, 0.2) is 0 Å². The minimum Gasteiger partial charge on any atom is -0.327 e. The summed E-state index contributed by atoms with van der Waals surface area (Å²) in [6.45, 7) is 1.70. The van der Waals surface area contributed by atoms with E-state index in [9.17, 15) is 4.79 Å². The van der Waals surface area contributed by atoms with Crippen molar-refractivity contribution in [3.63, 3.8) is 0 Å². The number of amides is 1. The lowest BCUT2D eigenvalue weighted by atomic mass is 9.92. The summed E-state index contributed by atoms with van der Waals surface area (Å²) >= 11 is 0.